The summed E-state index contributed by atoms with van der Waals surface area (Å²) in [6.45, 7) is 9.61. The molecule has 186 valence electrons. The minimum atomic E-state index is -0.565. The summed E-state index contributed by atoms with van der Waals surface area (Å²) in [6.07, 6.45) is 0. The fourth-order valence-electron chi connectivity index (χ4n) is 3.32. The van der Waals surface area contributed by atoms with Crippen LogP contribution < -0.4 is 15.2 Å². The van der Waals surface area contributed by atoms with Gasteiger partial charge in [-0.1, -0.05) is 24.3 Å². The van der Waals surface area contributed by atoms with Gasteiger partial charge in [-0.2, -0.15) is 15.2 Å². The Balaban J connectivity index is 1.48. The third-order valence-corrected chi connectivity index (χ3v) is 5.77. The standard InChI is InChI=1S/C26H27N5O4S/c1-6-34-21-10-8-7-9-19(21)28-29-22-16(2)30-31(23(22)32)25-27-20(15-36-25)17-11-13-18(14-12-17)24(33)35-26(3,4)5/h7-15,28H,6H2,1-5H3/b29-22+. The molecule has 2 heterocycles. The van der Waals surface area contributed by atoms with E-state index in [-0.39, 0.29) is 17.6 Å². The minimum absolute atomic E-state index is 0.194. The first-order valence-electron chi connectivity index (χ1n) is 11.4. The highest BCUT2D eigenvalue weighted by Crippen LogP contribution is 2.30. The number of anilines is 2. The van der Waals surface area contributed by atoms with Gasteiger partial charge in [-0.05, 0) is 58.9 Å². The number of amides is 1. The Morgan fingerprint density at radius 2 is 1.86 bits per heavy atom. The SMILES string of the molecule is CCOc1ccccc1N/N=C1/C(=O)N(c2nc(-c3ccc(C(=O)OC(C)(C)C)cc3)cs2)N=C1C. The summed E-state index contributed by atoms with van der Waals surface area (Å²) in [5.74, 6) is -0.122. The van der Waals surface area contributed by atoms with Crippen molar-refractivity contribution in [2.45, 2.75) is 40.2 Å². The van der Waals surface area contributed by atoms with Gasteiger partial charge in [0.25, 0.3) is 0 Å². The third kappa shape index (κ3) is 5.60. The normalized spacial score (nSPS) is 14.7. The first-order chi connectivity index (χ1) is 17.2. The van der Waals surface area contributed by atoms with Crippen molar-refractivity contribution in [2.24, 2.45) is 10.2 Å². The number of aromatic nitrogens is 1. The first-order valence-corrected chi connectivity index (χ1v) is 12.3. The molecule has 36 heavy (non-hydrogen) atoms. The minimum Gasteiger partial charge on any atom is -0.492 e. The average molecular weight is 506 g/mol. The molecular formula is C26H27N5O4S. The molecule has 0 saturated carbocycles. The van der Waals surface area contributed by atoms with Crippen molar-refractivity contribution < 1.29 is 19.1 Å². The quantitative estimate of drug-likeness (QED) is 0.343. The van der Waals surface area contributed by atoms with Gasteiger partial charge in [0.05, 0.1) is 29.3 Å². The highest BCUT2D eigenvalue weighted by Gasteiger charge is 2.33. The van der Waals surface area contributed by atoms with Crippen molar-refractivity contribution >= 4 is 45.5 Å². The van der Waals surface area contributed by atoms with Gasteiger partial charge < -0.3 is 9.47 Å². The number of ether oxygens (including phenoxy) is 2. The van der Waals surface area contributed by atoms with Gasteiger partial charge in [-0.3, -0.25) is 10.2 Å². The summed E-state index contributed by atoms with van der Waals surface area (Å²) in [5.41, 5.74) is 5.59. The third-order valence-electron chi connectivity index (χ3n) is 4.95. The van der Waals surface area contributed by atoms with Gasteiger partial charge in [0.15, 0.2) is 5.71 Å². The maximum absolute atomic E-state index is 13.1. The smallest absolute Gasteiger partial charge is 0.338 e. The van der Waals surface area contributed by atoms with E-state index in [0.717, 1.165) is 5.56 Å². The van der Waals surface area contributed by atoms with E-state index >= 15 is 0 Å². The average Bonchev–Trinajstić information content (AvgIpc) is 3.42. The second-order valence-corrected chi connectivity index (χ2v) is 9.73. The number of benzene rings is 2. The monoisotopic (exact) mass is 505 g/mol. The predicted octanol–water partition coefficient (Wildman–Crippen LogP) is 5.35. The molecule has 0 radical (unpaired) electrons. The molecule has 4 rings (SSSR count). The molecule has 1 aliphatic heterocycles. The number of esters is 1. The van der Waals surface area contributed by atoms with Crippen LogP contribution in [-0.4, -0.2) is 40.5 Å². The van der Waals surface area contributed by atoms with Crippen LogP contribution in [0.4, 0.5) is 10.8 Å². The molecule has 0 aliphatic carbocycles. The molecule has 3 aromatic rings. The van der Waals surface area contributed by atoms with Gasteiger partial charge in [-0.15, -0.1) is 11.3 Å². The summed E-state index contributed by atoms with van der Waals surface area (Å²) >= 11 is 1.29. The van der Waals surface area contributed by atoms with Crippen molar-refractivity contribution in [3.05, 3.63) is 59.5 Å². The van der Waals surface area contributed by atoms with Crippen LogP contribution in [0.2, 0.25) is 0 Å². The summed E-state index contributed by atoms with van der Waals surface area (Å²) in [7, 11) is 0. The van der Waals surface area contributed by atoms with E-state index in [9.17, 15) is 9.59 Å². The number of hydrogen-bond acceptors (Lipinski definition) is 9. The van der Waals surface area contributed by atoms with Crippen molar-refractivity contribution in [1.29, 1.82) is 0 Å². The second kappa shape index (κ2) is 10.3. The number of nitrogens with zero attached hydrogens (tertiary/aromatic N) is 4. The van der Waals surface area contributed by atoms with Crippen LogP contribution in [-0.2, 0) is 9.53 Å². The van der Waals surface area contributed by atoms with Crippen LogP contribution in [0.15, 0.2) is 64.1 Å². The molecule has 1 aliphatic rings. The van der Waals surface area contributed by atoms with Gasteiger partial charge in [0.2, 0.25) is 5.13 Å². The van der Waals surface area contributed by atoms with E-state index in [2.05, 4.69) is 20.6 Å². The Kier molecular flexibility index (Phi) is 7.16. The predicted molar refractivity (Wildman–Crippen MR) is 142 cm³/mol. The zero-order valence-electron chi connectivity index (χ0n) is 20.7. The Labute approximate surface area is 213 Å². The topological polar surface area (TPSA) is 105 Å². The lowest BCUT2D eigenvalue weighted by Crippen LogP contribution is -2.27. The molecule has 0 unspecified atom stereocenters. The van der Waals surface area contributed by atoms with Crippen molar-refractivity contribution in [3.8, 4) is 17.0 Å². The number of thiazole rings is 1. The van der Waals surface area contributed by atoms with Crippen molar-refractivity contribution in [3.63, 3.8) is 0 Å². The van der Waals surface area contributed by atoms with E-state index in [1.54, 1.807) is 31.2 Å². The molecule has 10 heteroatoms. The molecule has 1 aromatic heterocycles. The number of nitrogens with one attached hydrogen (secondary N) is 1. The van der Waals surface area contributed by atoms with Crippen LogP contribution >= 0.6 is 11.3 Å². The number of carbonyl (C=O) groups excluding carboxylic acids is 2. The van der Waals surface area contributed by atoms with E-state index < -0.39 is 5.60 Å². The Morgan fingerprint density at radius 1 is 1.14 bits per heavy atom. The van der Waals surface area contributed by atoms with E-state index in [0.29, 0.717) is 40.1 Å². The molecular weight excluding hydrogens is 478 g/mol. The number of hydrazone groups is 2. The maximum Gasteiger partial charge on any atom is 0.338 e. The molecule has 0 atom stereocenters. The van der Waals surface area contributed by atoms with Gasteiger partial charge in [0.1, 0.15) is 11.4 Å². The van der Waals surface area contributed by atoms with E-state index in [4.69, 9.17) is 9.47 Å². The Hall–Kier alpha value is -4.05. The van der Waals surface area contributed by atoms with Gasteiger partial charge >= 0.3 is 11.9 Å². The van der Waals surface area contributed by atoms with Crippen LogP contribution in [0.1, 0.15) is 45.0 Å². The lowest BCUT2D eigenvalue weighted by Gasteiger charge is -2.19. The van der Waals surface area contributed by atoms with E-state index in [1.165, 1.54) is 16.3 Å². The summed E-state index contributed by atoms with van der Waals surface area (Å²) in [5, 5.41) is 12.1. The highest BCUT2D eigenvalue weighted by molar-refractivity contribution is 7.14. The number of rotatable bonds is 7. The number of carbonyl (C=O) groups is 2. The van der Waals surface area contributed by atoms with Crippen molar-refractivity contribution in [2.75, 3.05) is 17.0 Å². The van der Waals surface area contributed by atoms with Crippen LogP contribution in [0, 0.1) is 0 Å². The summed E-state index contributed by atoms with van der Waals surface area (Å²) < 4.78 is 11.0. The molecule has 0 saturated heterocycles. The van der Waals surface area contributed by atoms with Gasteiger partial charge in [0, 0.05) is 10.9 Å². The molecule has 2 aromatic carbocycles. The second-order valence-electron chi connectivity index (χ2n) is 8.90. The fourth-order valence-corrected chi connectivity index (χ4v) is 4.10. The van der Waals surface area contributed by atoms with Gasteiger partial charge in [-0.25, -0.2) is 9.78 Å². The number of para-hydroxylation sites is 2. The molecule has 1 N–H and O–H groups in total. The maximum atomic E-state index is 13.1. The van der Waals surface area contributed by atoms with Crippen molar-refractivity contribution in [1.82, 2.24) is 4.98 Å². The van der Waals surface area contributed by atoms with E-state index in [1.807, 2.05) is 57.3 Å². The Morgan fingerprint density at radius 3 is 2.56 bits per heavy atom. The molecule has 0 bridgehead atoms. The zero-order chi connectivity index (χ0) is 25.9. The summed E-state index contributed by atoms with van der Waals surface area (Å²) in [6, 6.07) is 14.4. The van der Waals surface area contributed by atoms with Crippen LogP contribution in [0.3, 0.4) is 0 Å². The largest absolute Gasteiger partial charge is 0.492 e. The molecule has 0 spiro atoms. The fraction of sp³-hybridized carbons (Fsp3) is 0.269. The van der Waals surface area contributed by atoms with Crippen LogP contribution in [0.5, 0.6) is 5.75 Å². The zero-order valence-corrected chi connectivity index (χ0v) is 21.5. The Bertz CT molecular complexity index is 1340. The lowest BCUT2D eigenvalue weighted by molar-refractivity contribution is -0.112. The molecule has 9 nitrogen and oxygen atoms in total. The molecule has 0 fully saturated rings. The lowest BCUT2D eigenvalue weighted by atomic mass is 10.1. The number of hydrogen-bond donors (Lipinski definition) is 1. The summed E-state index contributed by atoms with van der Waals surface area (Å²) in [4.78, 5) is 29.9. The van der Waals surface area contributed by atoms with Crippen LogP contribution in [0.25, 0.3) is 11.3 Å². The highest BCUT2D eigenvalue weighted by atomic mass is 32.1. The molecule has 1 amide bonds. The first kappa shape index (κ1) is 25.1.